The lowest BCUT2D eigenvalue weighted by molar-refractivity contribution is 0.130. The fourth-order valence-corrected chi connectivity index (χ4v) is 1.46. The van der Waals surface area contributed by atoms with Crippen LogP contribution in [0.15, 0.2) is 29.4 Å². The summed E-state index contributed by atoms with van der Waals surface area (Å²) in [5.41, 5.74) is 4.10. The molecule has 0 unspecified atom stereocenters. The van der Waals surface area contributed by atoms with Gasteiger partial charge in [0.2, 0.25) is 0 Å². The smallest absolute Gasteiger partial charge is 0.406 e. The number of rotatable bonds is 1. The Morgan fingerprint density at radius 1 is 1.36 bits per heavy atom. The van der Waals surface area contributed by atoms with Gasteiger partial charge in [0, 0.05) is 31.8 Å². The summed E-state index contributed by atoms with van der Waals surface area (Å²) in [7, 11) is 1.85. The first-order valence-corrected chi connectivity index (χ1v) is 4.91. The van der Waals surface area contributed by atoms with Gasteiger partial charge in [-0.2, -0.15) is 0 Å². The minimum absolute atomic E-state index is 0.223. The molecule has 14 heavy (non-hydrogen) atoms. The van der Waals surface area contributed by atoms with Crippen molar-refractivity contribution < 1.29 is 9.31 Å². The van der Waals surface area contributed by atoms with E-state index in [9.17, 15) is 0 Å². The zero-order chi connectivity index (χ0) is 9.80. The van der Waals surface area contributed by atoms with Gasteiger partial charge in [0.15, 0.2) is 0 Å². The maximum Gasteiger partial charge on any atom is 0.502 e. The van der Waals surface area contributed by atoms with Crippen LogP contribution in [0.25, 0.3) is 0 Å². The molecular weight excluding hydrogens is 177 g/mol. The van der Waals surface area contributed by atoms with Gasteiger partial charge in [0.1, 0.15) is 0 Å². The molecule has 0 bridgehead atoms. The van der Waals surface area contributed by atoms with Crippen LogP contribution in [0.5, 0.6) is 0 Å². The molecule has 0 N–H and O–H groups in total. The lowest BCUT2D eigenvalue weighted by atomic mass is 9.79. The van der Waals surface area contributed by atoms with Crippen LogP contribution in [-0.4, -0.2) is 45.4 Å². The van der Waals surface area contributed by atoms with Gasteiger partial charge in [-0.25, -0.2) is 0 Å². The second kappa shape index (κ2) is 4.62. The average Bonchev–Trinajstić information content (AvgIpc) is 2.63. The van der Waals surface area contributed by atoms with Crippen molar-refractivity contribution in [2.24, 2.45) is 0 Å². The lowest BCUT2D eigenvalue weighted by Gasteiger charge is -2.23. The quantitative estimate of drug-likeness (QED) is 0.448. The average molecular weight is 191 g/mol. The van der Waals surface area contributed by atoms with Gasteiger partial charge in [-0.1, -0.05) is 12.2 Å². The zero-order valence-corrected chi connectivity index (χ0v) is 8.40. The standard InChI is InChI=1S/C10H14BNO2/c1-12-6-8-13-11(14-9-7-12)10-4-2-3-5-10/h2-4H,6-9H2,1H3. The highest BCUT2D eigenvalue weighted by atomic mass is 16.6. The van der Waals surface area contributed by atoms with Gasteiger partial charge in [0.25, 0.3) is 0 Å². The van der Waals surface area contributed by atoms with Crippen molar-refractivity contribution in [3.8, 4) is 0 Å². The van der Waals surface area contributed by atoms with Crippen molar-refractivity contribution in [2.75, 3.05) is 33.4 Å². The summed E-state index contributed by atoms with van der Waals surface area (Å²) in [6.07, 6.45) is 5.82. The fraction of sp³-hybridized carbons (Fsp3) is 0.500. The maximum absolute atomic E-state index is 5.60. The topological polar surface area (TPSA) is 21.7 Å². The summed E-state index contributed by atoms with van der Waals surface area (Å²) in [5, 5.41) is 0. The van der Waals surface area contributed by atoms with Crippen LogP contribution in [0.1, 0.15) is 0 Å². The largest absolute Gasteiger partial charge is 0.502 e. The molecule has 0 radical (unpaired) electrons. The molecule has 74 valence electrons. The lowest BCUT2D eigenvalue weighted by Crippen LogP contribution is -2.37. The maximum atomic E-state index is 5.60. The molecule has 0 saturated carbocycles. The summed E-state index contributed by atoms with van der Waals surface area (Å²) in [5.74, 6) is 0. The van der Waals surface area contributed by atoms with E-state index in [4.69, 9.17) is 9.31 Å². The Hall–Kier alpha value is -0.795. The normalized spacial score (nSPS) is 23.5. The van der Waals surface area contributed by atoms with E-state index in [1.54, 1.807) is 0 Å². The molecule has 0 amide bonds. The van der Waals surface area contributed by atoms with E-state index in [1.807, 2.05) is 18.2 Å². The monoisotopic (exact) mass is 191 g/mol. The molecule has 2 rings (SSSR count). The number of allylic oxidation sites excluding steroid dienone is 3. The first-order valence-electron chi connectivity index (χ1n) is 4.91. The number of hydrogen-bond donors (Lipinski definition) is 0. The Morgan fingerprint density at radius 3 is 2.64 bits per heavy atom. The molecule has 0 atom stereocenters. The SMILES string of the molecule is CN1CCOB(C2=C=CC=C2)OCC1. The first-order chi connectivity index (χ1) is 6.86. The summed E-state index contributed by atoms with van der Waals surface area (Å²) >= 11 is 0. The summed E-state index contributed by atoms with van der Waals surface area (Å²) in [4.78, 5) is 2.20. The Balaban J connectivity index is 1.93. The molecule has 1 heterocycles. The molecular formula is C10H14BNO2. The van der Waals surface area contributed by atoms with Gasteiger partial charge < -0.3 is 14.2 Å². The number of nitrogens with zero attached hydrogens (tertiary/aromatic N) is 1. The molecule has 4 heteroatoms. The Kier molecular flexibility index (Phi) is 3.22. The Morgan fingerprint density at radius 2 is 2.07 bits per heavy atom. The zero-order valence-electron chi connectivity index (χ0n) is 8.40. The van der Waals surface area contributed by atoms with Crippen molar-refractivity contribution in [2.45, 2.75) is 0 Å². The Bertz CT molecular complexity index is 284. The van der Waals surface area contributed by atoms with Gasteiger partial charge in [-0.3, -0.25) is 0 Å². The van der Waals surface area contributed by atoms with Crippen molar-refractivity contribution >= 4 is 7.12 Å². The predicted octanol–water partition coefficient (Wildman–Crippen LogP) is 0.644. The van der Waals surface area contributed by atoms with Crippen LogP contribution in [0.3, 0.4) is 0 Å². The van der Waals surface area contributed by atoms with E-state index in [0.29, 0.717) is 13.2 Å². The van der Waals surface area contributed by atoms with Gasteiger partial charge in [0.05, 0.1) is 0 Å². The van der Waals surface area contributed by atoms with E-state index in [2.05, 4.69) is 17.7 Å². The van der Waals surface area contributed by atoms with E-state index in [-0.39, 0.29) is 7.12 Å². The molecule has 0 aromatic carbocycles. The fourth-order valence-electron chi connectivity index (χ4n) is 1.46. The van der Waals surface area contributed by atoms with Crippen molar-refractivity contribution in [1.29, 1.82) is 0 Å². The van der Waals surface area contributed by atoms with E-state index in [0.717, 1.165) is 18.6 Å². The molecule has 3 nitrogen and oxygen atoms in total. The van der Waals surface area contributed by atoms with Crippen LogP contribution in [0.4, 0.5) is 0 Å². The Labute approximate surface area is 84.8 Å². The molecule has 2 aliphatic rings. The van der Waals surface area contributed by atoms with Crippen molar-refractivity contribution in [3.63, 3.8) is 0 Å². The second-order valence-electron chi connectivity index (χ2n) is 3.50. The predicted molar refractivity (Wildman–Crippen MR) is 55.9 cm³/mol. The molecule has 0 spiro atoms. The highest BCUT2D eigenvalue weighted by Gasteiger charge is 2.24. The van der Waals surface area contributed by atoms with Gasteiger partial charge in [-0.15, -0.1) is 5.73 Å². The molecule has 1 saturated heterocycles. The summed E-state index contributed by atoms with van der Waals surface area (Å²) in [6, 6.07) is 0. The van der Waals surface area contributed by atoms with Gasteiger partial charge in [-0.05, 0) is 13.1 Å². The first kappa shape index (κ1) is 9.75. The molecule has 1 fully saturated rings. The second-order valence-corrected chi connectivity index (χ2v) is 3.50. The van der Waals surface area contributed by atoms with E-state index < -0.39 is 0 Å². The number of hydrogen-bond acceptors (Lipinski definition) is 3. The molecule has 1 aliphatic carbocycles. The summed E-state index contributed by atoms with van der Waals surface area (Å²) < 4.78 is 11.2. The molecule has 0 aromatic heterocycles. The third-order valence-electron chi connectivity index (χ3n) is 2.36. The van der Waals surface area contributed by atoms with E-state index in [1.165, 1.54) is 0 Å². The summed E-state index contributed by atoms with van der Waals surface area (Å²) in [6.45, 7) is 3.33. The van der Waals surface area contributed by atoms with Crippen LogP contribution in [0, 0.1) is 0 Å². The highest BCUT2D eigenvalue weighted by molar-refractivity contribution is 6.54. The van der Waals surface area contributed by atoms with Crippen LogP contribution in [0.2, 0.25) is 0 Å². The van der Waals surface area contributed by atoms with Crippen molar-refractivity contribution in [1.82, 2.24) is 4.90 Å². The van der Waals surface area contributed by atoms with Gasteiger partial charge >= 0.3 is 7.12 Å². The number of likely N-dealkylation sites (N-methyl/N-ethyl adjacent to an activating group) is 1. The van der Waals surface area contributed by atoms with E-state index >= 15 is 0 Å². The minimum Gasteiger partial charge on any atom is -0.406 e. The van der Waals surface area contributed by atoms with Crippen molar-refractivity contribution in [3.05, 3.63) is 29.4 Å². The van der Waals surface area contributed by atoms with Crippen LogP contribution < -0.4 is 0 Å². The molecule has 0 aromatic rings. The minimum atomic E-state index is -0.223. The van der Waals surface area contributed by atoms with Crippen LogP contribution >= 0.6 is 0 Å². The third kappa shape index (κ3) is 2.37. The highest BCUT2D eigenvalue weighted by Crippen LogP contribution is 2.10. The molecule has 1 aliphatic heterocycles. The third-order valence-corrected chi connectivity index (χ3v) is 2.36. The van der Waals surface area contributed by atoms with Crippen LogP contribution in [-0.2, 0) is 9.31 Å².